The Labute approximate surface area is 193 Å². The number of ether oxygens (including phenoxy) is 1. The van der Waals surface area contributed by atoms with Gasteiger partial charge in [0.15, 0.2) is 5.60 Å². The Bertz CT molecular complexity index is 974. The lowest BCUT2D eigenvalue weighted by Crippen LogP contribution is -2.49. The molecule has 8 heteroatoms. The highest BCUT2D eigenvalue weighted by molar-refractivity contribution is 5.82. The van der Waals surface area contributed by atoms with Crippen LogP contribution in [-0.2, 0) is 14.3 Å². The lowest BCUT2D eigenvalue weighted by atomic mass is 9.98. The van der Waals surface area contributed by atoms with E-state index >= 15 is 0 Å². The maximum absolute atomic E-state index is 12.4. The third kappa shape index (κ3) is 5.70. The van der Waals surface area contributed by atoms with Crippen LogP contribution in [0.2, 0.25) is 0 Å². The van der Waals surface area contributed by atoms with Crippen LogP contribution >= 0.6 is 0 Å². The van der Waals surface area contributed by atoms with E-state index in [-0.39, 0.29) is 19.1 Å². The zero-order valence-electron chi connectivity index (χ0n) is 18.8. The van der Waals surface area contributed by atoms with Crippen molar-refractivity contribution in [3.05, 3.63) is 59.7 Å². The number of amides is 2. The summed E-state index contributed by atoms with van der Waals surface area (Å²) in [5, 5.41) is 23.8. The van der Waals surface area contributed by atoms with Crippen molar-refractivity contribution >= 4 is 18.0 Å². The van der Waals surface area contributed by atoms with Crippen LogP contribution in [-0.4, -0.2) is 53.5 Å². The molecule has 0 saturated heterocycles. The monoisotopic (exact) mass is 454 g/mol. The van der Waals surface area contributed by atoms with E-state index in [4.69, 9.17) is 9.84 Å². The van der Waals surface area contributed by atoms with Crippen molar-refractivity contribution in [2.24, 2.45) is 5.92 Å². The first-order valence-corrected chi connectivity index (χ1v) is 11.1. The van der Waals surface area contributed by atoms with Gasteiger partial charge in [-0.25, -0.2) is 9.59 Å². The van der Waals surface area contributed by atoms with Crippen molar-refractivity contribution in [2.75, 3.05) is 19.7 Å². The third-order valence-corrected chi connectivity index (χ3v) is 5.91. The van der Waals surface area contributed by atoms with Crippen molar-refractivity contribution in [2.45, 2.75) is 38.2 Å². The Morgan fingerprint density at radius 2 is 1.61 bits per heavy atom. The molecule has 2 amide bonds. The number of carboxylic acid groups (broad SMARTS) is 1. The van der Waals surface area contributed by atoms with Crippen LogP contribution in [0.25, 0.3) is 11.1 Å². The molecule has 3 rings (SSSR count). The van der Waals surface area contributed by atoms with Crippen LogP contribution in [0.4, 0.5) is 4.79 Å². The minimum atomic E-state index is -2.06. The van der Waals surface area contributed by atoms with Crippen LogP contribution in [0.5, 0.6) is 0 Å². The first-order chi connectivity index (χ1) is 15.7. The number of carbonyl (C=O) groups is 3. The molecule has 1 aliphatic carbocycles. The number of carbonyl (C=O) groups excluding carboxylic acids is 2. The summed E-state index contributed by atoms with van der Waals surface area (Å²) >= 11 is 0. The lowest BCUT2D eigenvalue weighted by molar-refractivity contribution is -0.156. The minimum absolute atomic E-state index is 0.0472. The van der Waals surface area contributed by atoms with Gasteiger partial charge in [0.2, 0.25) is 5.91 Å². The molecule has 2 aromatic carbocycles. The van der Waals surface area contributed by atoms with Gasteiger partial charge in [0.25, 0.3) is 0 Å². The molecule has 8 nitrogen and oxygen atoms in total. The van der Waals surface area contributed by atoms with Gasteiger partial charge in [0.05, 0.1) is 12.5 Å². The molecule has 0 fully saturated rings. The second-order valence-corrected chi connectivity index (χ2v) is 8.49. The van der Waals surface area contributed by atoms with Crippen molar-refractivity contribution in [3.63, 3.8) is 0 Å². The van der Waals surface area contributed by atoms with E-state index in [1.807, 2.05) is 43.3 Å². The molecule has 2 unspecified atom stereocenters. The first kappa shape index (κ1) is 24.3. The largest absolute Gasteiger partial charge is 0.479 e. The maximum atomic E-state index is 12.4. The van der Waals surface area contributed by atoms with Crippen molar-refractivity contribution < 1.29 is 29.3 Å². The Morgan fingerprint density at radius 3 is 2.15 bits per heavy atom. The zero-order chi connectivity index (χ0) is 24.0. The van der Waals surface area contributed by atoms with Crippen LogP contribution < -0.4 is 10.6 Å². The van der Waals surface area contributed by atoms with Gasteiger partial charge in [-0.3, -0.25) is 4.79 Å². The summed E-state index contributed by atoms with van der Waals surface area (Å²) in [5.41, 5.74) is 2.44. The van der Waals surface area contributed by atoms with Gasteiger partial charge < -0.3 is 25.6 Å². The topological polar surface area (TPSA) is 125 Å². The quantitative estimate of drug-likeness (QED) is 0.438. The molecule has 176 valence electrons. The van der Waals surface area contributed by atoms with Gasteiger partial charge >= 0.3 is 12.1 Å². The number of hydrogen-bond acceptors (Lipinski definition) is 5. The van der Waals surface area contributed by atoms with E-state index in [9.17, 15) is 19.5 Å². The summed E-state index contributed by atoms with van der Waals surface area (Å²) in [6, 6.07) is 16.1. The fourth-order valence-corrected chi connectivity index (χ4v) is 4.01. The maximum Gasteiger partial charge on any atom is 0.407 e. The number of aliphatic hydroxyl groups is 1. The van der Waals surface area contributed by atoms with Gasteiger partial charge in [-0.05, 0) is 35.6 Å². The van der Waals surface area contributed by atoms with Crippen LogP contribution in [0.3, 0.4) is 0 Å². The Kier molecular flexibility index (Phi) is 7.71. The van der Waals surface area contributed by atoms with Gasteiger partial charge in [0, 0.05) is 12.5 Å². The average Bonchev–Trinajstić information content (AvgIpc) is 3.12. The molecule has 2 atom stereocenters. The fourth-order valence-electron chi connectivity index (χ4n) is 4.01. The standard InChI is InChI=1S/C25H30N2O6/c1-3-8-16(22(28)27-15-25(2,32)23(29)30)13-26-24(31)33-14-21-19-11-6-4-9-17(19)18-10-5-7-12-20(18)21/h4-7,9-12,16,21,32H,3,8,13-15H2,1-2H3,(H,26,31)(H,27,28)(H,29,30). The third-order valence-electron chi connectivity index (χ3n) is 5.91. The summed E-state index contributed by atoms with van der Waals surface area (Å²) in [6.07, 6.45) is 0.563. The highest BCUT2D eigenvalue weighted by Gasteiger charge is 2.32. The number of alkyl carbamates (subject to hydrolysis) is 1. The van der Waals surface area contributed by atoms with E-state index < -0.39 is 36.0 Å². The molecular weight excluding hydrogens is 424 g/mol. The molecule has 2 aromatic rings. The predicted molar refractivity (Wildman–Crippen MR) is 123 cm³/mol. The highest BCUT2D eigenvalue weighted by atomic mass is 16.5. The van der Waals surface area contributed by atoms with Gasteiger partial charge in [-0.2, -0.15) is 0 Å². The van der Waals surface area contributed by atoms with Crippen LogP contribution in [0.1, 0.15) is 43.7 Å². The molecule has 0 radical (unpaired) electrons. The summed E-state index contributed by atoms with van der Waals surface area (Å²) in [4.78, 5) is 35.8. The number of fused-ring (bicyclic) bond motifs is 3. The first-order valence-electron chi connectivity index (χ1n) is 11.1. The van der Waals surface area contributed by atoms with E-state index in [0.717, 1.165) is 29.2 Å². The van der Waals surface area contributed by atoms with E-state index in [1.54, 1.807) is 0 Å². The molecule has 0 heterocycles. The van der Waals surface area contributed by atoms with Crippen LogP contribution in [0, 0.1) is 5.92 Å². The van der Waals surface area contributed by atoms with E-state index in [2.05, 4.69) is 22.8 Å². The summed E-state index contributed by atoms with van der Waals surface area (Å²) < 4.78 is 5.49. The molecule has 0 bridgehead atoms. The van der Waals surface area contributed by atoms with Gasteiger partial charge in [-0.15, -0.1) is 0 Å². The molecule has 0 saturated carbocycles. The molecule has 33 heavy (non-hydrogen) atoms. The lowest BCUT2D eigenvalue weighted by Gasteiger charge is -2.22. The van der Waals surface area contributed by atoms with Crippen LogP contribution in [0.15, 0.2) is 48.5 Å². The predicted octanol–water partition coefficient (Wildman–Crippen LogP) is 2.89. The Morgan fingerprint density at radius 1 is 1.03 bits per heavy atom. The van der Waals surface area contributed by atoms with Crippen molar-refractivity contribution in [3.8, 4) is 11.1 Å². The second kappa shape index (κ2) is 10.5. The number of hydrogen-bond donors (Lipinski definition) is 4. The SMILES string of the molecule is CCCC(CNC(=O)OCC1c2ccccc2-c2ccccc21)C(=O)NCC(C)(O)C(=O)O. The summed E-state index contributed by atoms with van der Waals surface area (Å²) in [7, 11) is 0. The smallest absolute Gasteiger partial charge is 0.407 e. The van der Waals surface area contributed by atoms with E-state index in [0.29, 0.717) is 12.8 Å². The number of nitrogens with one attached hydrogen (secondary N) is 2. The Balaban J connectivity index is 1.55. The van der Waals surface area contributed by atoms with E-state index in [1.165, 1.54) is 0 Å². The average molecular weight is 455 g/mol. The summed E-state index contributed by atoms with van der Waals surface area (Å²) in [5.74, 6) is -2.49. The number of aliphatic carboxylic acids is 1. The molecular formula is C25H30N2O6. The minimum Gasteiger partial charge on any atom is -0.479 e. The molecule has 1 aliphatic rings. The molecule has 0 aliphatic heterocycles. The number of carboxylic acids is 1. The van der Waals surface area contributed by atoms with Gasteiger partial charge in [-0.1, -0.05) is 61.9 Å². The van der Waals surface area contributed by atoms with Crippen molar-refractivity contribution in [1.82, 2.24) is 10.6 Å². The van der Waals surface area contributed by atoms with Crippen molar-refractivity contribution in [1.29, 1.82) is 0 Å². The number of benzene rings is 2. The zero-order valence-corrected chi connectivity index (χ0v) is 18.8. The normalized spacial score (nSPS) is 15.0. The number of rotatable bonds is 10. The molecule has 0 spiro atoms. The molecule has 4 N–H and O–H groups in total. The Hall–Kier alpha value is -3.39. The fraction of sp³-hybridized carbons (Fsp3) is 0.400. The van der Waals surface area contributed by atoms with Gasteiger partial charge in [0.1, 0.15) is 6.61 Å². The highest BCUT2D eigenvalue weighted by Crippen LogP contribution is 2.44. The summed E-state index contributed by atoms with van der Waals surface area (Å²) in [6.45, 7) is 2.81. The molecule has 0 aromatic heterocycles. The second-order valence-electron chi connectivity index (χ2n) is 8.49.